The first-order valence-electron chi connectivity index (χ1n) is 4.84. The summed E-state index contributed by atoms with van der Waals surface area (Å²) in [6, 6.07) is 5.35. The maximum absolute atomic E-state index is 10.9. The molecule has 3 N–H and O–H groups in total. The van der Waals surface area contributed by atoms with Crippen LogP contribution in [-0.2, 0) is 0 Å². The summed E-state index contributed by atoms with van der Waals surface area (Å²) < 4.78 is 0. The zero-order chi connectivity index (χ0) is 13.3. The zero-order valence-corrected chi connectivity index (χ0v) is 10.4. The molecule has 0 aromatic heterocycles. The van der Waals surface area contributed by atoms with Gasteiger partial charge in [0.15, 0.2) is 0 Å². The number of carbonyl (C=O) groups excluding carboxylic acids is 1. The van der Waals surface area contributed by atoms with Gasteiger partial charge in [-0.3, -0.25) is 0 Å². The third-order valence-corrected chi connectivity index (χ3v) is 2.99. The largest absolute Gasteiger partial charge is 0.351 e. The molecule has 0 atom stereocenters. The molecule has 5 nitrogen and oxygen atoms in total. The number of urea groups is 1. The molecule has 2 aromatic carbocycles. The fraction of sp³-hybridized carbons (Fsp3) is 0. The van der Waals surface area contributed by atoms with E-state index >= 15 is 0 Å². The number of nitrogens with zero attached hydrogens (tertiary/aromatic N) is 1. The highest BCUT2D eigenvalue weighted by Crippen LogP contribution is 2.38. The predicted octanol–water partition coefficient (Wildman–Crippen LogP) is 4.04. The van der Waals surface area contributed by atoms with E-state index < -0.39 is 6.03 Å². The lowest BCUT2D eigenvalue weighted by Gasteiger charge is -2.10. The Morgan fingerprint density at radius 3 is 2.50 bits per heavy atom. The number of nitrogens with two attached hydrogens (primary N) is 1. The molecule has 92 valence electrons. The van der Waals surface area contributed by atoms with Crippen molar-refractivity contribution in [2.24, 2.45) is 10.9 Å². The van der Waals surface area contributed by atoms with Crippen molar-refractivity contribution < 1.29 is 4.79 Å². The van der Waals surface area contributed by atoms with E-state index in [1.165, 1.54) is 18.2 Å². The molecule has 0 spiro atoms. The van der Waals surface area contributed by atoms with E-state index in [1.54, 1.807) is 6.07 Å². The number of carbonyl (C=O) groups is 1. The van der Waals surface area contributed by atoms with Gasteiger partial charge in [-0.1, -0.05) is 29.3 Å². The number of nitrogens with one attached hydrogen (secondary N) is 1. The van der Waals surface area contributed by atoms with Crippen molar-refractivity contribution in [1.29, 1.82) is 0 Å². The lowest BCUT2D eigenvalue weighted by molar-refractivity contribution is 0.259. The van der Waals surface area contributed by atoms with Crippen molar-refractivity contribution in [2.75, 3.05) is 5.32 Å². The van der Waals surface area contributed by atoms with E-state index in [0.29, 0.717) is 21.5 Å². The number of hydrogen-bond donors (Lipinski definition) is 2. The molecule has 0 aliphatic heterocycles. The van der Waals surface area contributed by atoms with Gasteiger partial charge in [0, 0.05) is 10.8 Å². The molecule has 0 unspecified atom stereocenters. The van der Waals surface area contributed by atoms with Crippen LogP contribution in [0.4, 0.5) is 16.2 Å². The molecule has 2 amide bonds. The van der Waals surface area contributed by atoms with E-state index in [2.05, 4.69) is 10.5 Å². The Kier molecular flexibility index (Phi) is 3.36. The van der Waals surface area contributed by atoms with E-state index in [0.717, 1.165) is 0 Å². The number of primary amides is 1. The summed E-state index contributed by atoms with van der Waals surface area (Å²) in [7, 11) is 0. The first kappa shape index (κ1) is 12.6. The Morgan fingerprint density at radius 1 is 1.17 bits per heavy atom. The molecule has 2 aromatic rings. The number of anilines is 1. The highest BCUT2D eigenvalue weighted by atomic mass is 35.5. The highest BCUT2D eigenvalue weighted by molar-refractivity contribution is 6.41. The molecular weight excluding hydrogens is 277 g/mol. The highest BCUT2D eigenvalue weighted by Gasteiger charge is 2.12. The van der Waals surface area contributed by atoms with Crippen molar-refractivity contribution in [3.8, 4) is 0 Å². The maximum atomic E-state index is 10.9. The van der Waals surface area contributed by atoms with E-state index in [4.69, 9.17) is 28.9 Å². The summed E-state index contributed by atoms with van der Waals surface area (Å²) in [6.45, 7) is 0. The van der Waals surface area contributed by atoms with Gasteiger partial charge in [-0.2, -0.15) is 0 Å². The summed E-state index contributed by atoms with van der Waals surface area (Å²) in [6.07, 6.45) is 0. The third-order valence-electron chi connectivity index (χ3n) is 2.38. The van der Waals surface area contributed by atoms with Crippen LogP contribution in [0.25, 0.3) is 10.8 Å². The van der Waals surface area contributed by atoms with Gasteiger partial charge in [0.2, 0.25) is 0 Å². The van der Waals surface area contributed by atoms with Crippen LogP contribution in [0.1, 0.15) is 0 Å². The quantitative estimate of drug-likeness (QED) is 0.815. The Bertz CT molecular complexity index is 658. The summed E-state index contributed by atoms with van der Waals surface area (Å²) in [4.78, 5) is 21.5. The van der Waals surface area contributed by atoms with E-state index in [9.17, 15) is 9.70 Å². The van der Waals surface area contributed by atoms with Crippen molar-refractivity contribution in [3.05, 3.63) is 39.2 Å². The molecule has 0 aliphatic carbocycles. The molecule has 0 saturated carbocycles. The average molecular weight is 284 g/mol. The van der Waals surface area contributed by atoms with Crippen LogP contribution in [-0.4, -0.2) is 6.03 Å². The number of fused-ring (bicyclic) bond motifs is 1. The van der Waals surface area contributed by atoms with Crippen molar-refractivity contribution in [2.45, 2.75) is 0 Å². The number of rotatable bonds is 2. The van der Waals surface area contributed by atoms with Gasteiger partial charge in [-0.15, -0.1) is 4.91 Å². The Balaban J connectivity index is 2.80. The number of nitroso groups, excluding NO2 is 1. The molecular formula is C11H7Cl2N3O2. The molecule has 0 heterocycles. The second-order valence-electron chi connectivity index (χ2n) is 3.53. The van der Waals surface area contributed by atoms with Crippen molar-refractivity contribution in [3.63, 3.8) is 0 Å². The number of amides is 2. The van der Waals surface area contributed by atoms with Crippen LogP contribution in [0.3, 0.4) is 0 Å². The van der Waals surface area contributed by atoms with Crippen molar-refractivity contribution in [1.82, 2.24) is 0 Å². The van der Waals surface area contributed by atoms with Crippen LogP contribution in [0.5, 0.6) is 0 Å². The molecule has 7 heteroatoms. The van der Waals surface area contributed by atoms with Crippen LogP contribution in [0.15, 0.2) is 29.4 Å². The SMILES string of the molecule is NC(=O)Nc1c(Cl)cc(Cl)c2ccc(N=O)cc12. The molecule has 0 aliphatic rings. The first-order chi connectivity index (χ1) is 8.52. The zero-order valence-electron chi connectivity index (χ0n) is 8.91. The molecule has 2 rings (SSSR count). The third kappa shape index (κ3) is 2.23. The number of halogens is 2. The minimum atomic E-state index is -0.759. The first-order valence-corrected chi connectivity index (χ1v) is 5.60. The predicted molar refractivity (Wildman–Crippen MR) is 72.6 cm³/mol. The molecule has 0 saturated heterocycles. The fourth-order valence-electron chi connectivity index (χ4n) is 1.64. The monoisotopic (exact) mass is 283 g/mol. The average Bonchev–Trinajstić information content (AvgIpc) is 2.33. The normalized spacial score (nSPS) is 10.3. The lowest BCUT2D eigenvalue weighted by atomic mass is 10.1. The topological polar surface area (TPSA) is 84.6 Å². The standard InChI is InChI=1S/C11H7Cl2N3O2/c12-8-4-9(13)10(15-11(14)17)7-3-5(16-18)1-2-6(7)8/h1-4H,(H3,14,15,17). The van der Waals surface area contributed by atoms with Gasteiger partial charge in [0.05, 0.1) is 15.7 Å². The Hall–Kier alpha value is -1.85. The van der Waals surface area contributed by atoms with E-state index in [1.807, 2.05) is 0 Å². The van der Waals surface area contributed by atoms with Gasteiger partial charge < -0.3 is 11.1 Å². The smallest absolute Gasteiger partial charge is 0.316 e. The molecule has 18 heavy (non-hydrogen) atoms. The summed E-state index contributed by atoms with van der Waals surface area (Å²) in [5.74, 6) is 0. The fourth-order valence-corrected chi connectivity index (χ4v) is 2.23. The van der Waals surface area contributed by atoms with Crippen LogP contribution in [0.2, 0.25) is 10.0 Å². The van der Waals surface area contributed by atoms with Crippen LogP contribution >= 0.6 is 23.2 Å². The Labute approximate surface area is 112 Å². The number of benzene rings is 2. The lowest BCUT2D eigenvalue weighted by Crippen LogP contribution is -2.19. The molecule has 0 bridgehead atoms. The van der Waals surface area contributed by atoms with Crippen LogP contribution < -0.4 is 11.1 Å². The second-order valence-corrected chi connectivity index (χ2v) is 4.34. The van der Waals surface area contributed by atoms with Gasteiger partial charge in [-0.25, -0.2) is 4.79 Å². The van der Waals surface area contributed by atoms with Gasteiger partial charge in [0.25, 0.3) is 0 Å². The summed E-state index contributed by atoms with van der Waals surface area (Å²) >= 11 is 12.0. The number of hydrogen-bond acceptors (Lipinski definition) is 3. The maximum Gasteiger partial charge on any atom is 0.316 e. The summed E-state index contributed by atoms with van der Waals surface area (Å²) in [5.41, 5.74) is 5.57. The van der Waals surface area contributed by atoms with Crippen molar-refractivity contribution >= 4 is 51.4 Å². The summed E-state index contributed by atoms with van der Waals surface area (Å²) in [5, 5.41) is 6.99. The molecule has 0 radical (unpaired) electrons. The molecule has 0 fully saturated rings. The second kappa shape index (κ2) is 4.80. The Morgan fingerprint density at radius 2 is 1.89 bits per heavy atom. The van der Waals surface area contributed by atoms with Crippen LogP contribution in [0, 0.1) is 4.91 Å². The minimum Gasteiger partial charge on any atom is -0.351 e. The minimum absolute atomic E-state index is 0.202. The van der Waals surface area contributed by atoms with Gasteiger partial charge in [0.1, 0.15) is 5.69 Å². The van der Waals surface area contributed by atoms with E-state index in [-0.39, 0.29) is 10.7 Å². The van der Waals surface area contributed by atoms with Gasteiger partial charge >= 0.3 is 6.03 Å². The van der Waals surface area contributed by atoms with Gasteiger partial charge in [-0.05, 0) is 23.4 Å².